The zero-order valence-corrected chi connectivity index (χ0v) is 13.2. The molecule has 1 N–H and O–H groups in total. The number of nitro benzene ring substituents is 1. The summed E-state index contributed by atoms with van der Waals surface area (Å²) in [5, 5.41) is 13.5. The van der Waals surface area contributed by atoms with E-state index in [0.717, 1.165) is 0 Å². The van der Waals surface area contributed by atoms with Gasteiger partial charge in [-0.15, -0.1) is 0 Å². The number of methoxy groups -OCH3 is 2. The van der Waals surface area contributed by atoms with Crippen molar-refractivity contribution < 1.29 is 28.7 Å². The van der Waals surface area contributed by atoms with Gasteiger partial charge >= 0.3 is 12.1 Å². The summed E-state index contributed by atoms with van der Waals surface area (Å²) in [4.78, 5) is 32.9. The summed E-state index contributed by atoms with van der Waals surface area (Å²) < 4.78 is 14.5. The fourth-order valence-electron chi connectivity index (χ4n) is 1.99. The average Bonchev–Trinajstić information content (AvgIpc) is 2.84. The van der Waals surface area contributed by atoms with Crippen molar-refractivity contribution in [3.05, 3.63) is 27.8 Å². The second-order valence-corrected chi connectivity index (χ2v) is 5.54. The van der Waals surface area contributed by atoms with Crippen molar-refractivity contribution in [2.45, 2.75) is 11.8 Å². The van der Waals surface area contributed by atoms with Crippen LogP contribution < -0.4 is 14.8 Å². The van der Waals surface area contributed by atoms with E-state index in [1.807, 2.05) is 0 Å². The normalized spacial score (nSPS) is 16.7. The number of carbonyl (C=O) groups is 2. The van der Waals surface area contributed by atoms with Gasteiger partial charge in [0.05, 0.1) is 25.2 Å². The third-order valence-electron chi connectivity index (χ3n) is 3.09. The van der Waals surface area contributed by atoms with E-state index in [1.54, 1.807) is 0 Å². The van der Waals surface area contributed by atoms with Crippen LogP contribution in [-0.4, -0.2) is 43.0 Å². The van der Waals surface area contributed by atoms with Crippen LogP contribution in [0.5, 0.6) is 11.5 Å². The molecule has 1 saturated heterocycles. The Morgan fingerprint density at radius 2 is 1.96 bits per heavy atom. The molecule has 1 aromatic rings. The molecule has 1 fully saturated rings. The molecule has 0 bridgehead atoms. The van der Waals surface area contributed by atoms with Crippen LogP contribution in [0, 0.1) is 10.1 Å². The molecule has 10 heteroatoms. The highest BCUT2D eigenvalue weighted by Crippen LogP contribution is 2.36. The van der Waals surface area contributed by atoms with Gasteiger partial charge in [0.25, 0.3) is 5.69 Å². The number of hydrogen-bond acceptors (Lipinski definition) is 8. The molecule has 9 nitrogen and oxygen atoms in total. The number of nitrogens with zero attached hydrogens (tertiary/aromatic N) is 1. The fraction of sp³-hybridized carbons (Fsp3) is 0.385. The Morgan fingerprint density at radius 3 is 2.48 bits per heavy atom. The molecule has 1 aromatic carbocycles. The van der Waals surface area contributed by atoms with Gasteiger partial charge in [-0.1, -0.05) is 0 Å². The van der Waals surface area contributed by atoms with E-state index < -0.39 is 23.0 Å². The van der Waals surface area contributed by atoms with Gasteiger partial charge in [0.15, 0.2) is 11.5 Å². The number of nitro groups is 1. The van der Waals surface area contributed by atoms with Gasteiger partial charge in [0.2, 0.25) is 0 Å². The second kappa shape index (κ2) is 7.18. The van der Waals surface area contributed by atoms with E-state index >= 15 is 0 Å². The predicted molar refractivity (Wildman–Crippen MR) is 80.8 cm³/mol. The zero-order valence-electron chi connectivity index (χ0n) is 12.4. The summed E-state index contributed by atoms with van der Waals surface area (Å²) in [6.45, 7) is 0. The van der Waals surface area contributed by atoms with Crippen LogP contribution in [0.2, 0.25) is 0 Å². The van der Waals surface area contributed by atoms with Gasteiger partial charge in [0.1, 0.15) is 6.04 Å². The first-order chi connectivity index (χ1) is 11.0. The Bertz CT molecular complexity index is 649. The molecule has 1 atom stereocenters. The van der Waals surface area contributed by atoms with Crippen LogP contribution in [0.3, 0.4) is 0 Å². The zero-order chi connectivity index (χ0) is 17.0. The number of benzene rings is 1. The minimum atomic E-state index is -0.780. The number of alkyl carbamates (subject to hydrolysis) is 1. The van der Waals surface area contributed by atoms with Crippen molar-refractivity contribution in [2.75, 3.05) is 20.0 Å². The fourth-order valence-corrected chi connectivity index (χ4v) is 3.01. The van der Waals surface area contributed by atoms with Crippen molar-refractivity contribution in [2.24, 2.45) is 0 Å². The molecule has 0 aliphatic carbocycles. The van der Waals surface area contributed by atoms with Gasteiger partial charge < -0.3 is 19.5 Å². The number of hydrogen-bond donors (Lipinski definition) is 1. The second-order valence-electron chi connectivity index (χ2n) is 4.51. The molecule has 1 aliphatic rings. The number of rotatable bonds is 7. The van der Waals surface area contributed by atoms with E-state index in [-0.39, 0.29) is 22.9 Å². The molecule has 0 spiro atoms. The Balaban J connectivity index is 2.10. The Labute approximate surface area is 135 Å². The van der Waals surface area contributed by atoms with Crippen LogP contribution in [0.15, 0.2) is 12.1 Å². The quantitative estimate of drug-likeness (QED) is 0.343. The number of esters is 1. The van der Waals surface area contributed by atoms with Crippen molar-refractivity contribution in [3.63, 3.8) is 0 Å². The number of carbonyl (C=O) groups excluding carboxylic acids is 2. The molecule has 2 rings (SSSR count). The smallest absolute Gasteiger partial charge is 0.415 e. The maximum atomic E-state index is 11.3. The standard InChI is InChI=1S/C13H14N2O7S/c1-20-10-3-7(9(15(18)19)4-11(10)21-2)5-23-6-8-12(16)22-13(17)14-8/h3-4,8H,5-6H2,1-2H3,(H,14,17)/t8-/m0/s1. The number of amides is 1. The molecule has 23 heavy (non-hydrogen) atoms. The Morgan fingerprint density at radius 1 is 1.30 bits per heavy atom. The maximum Gasteiger partial charge on any atom is 0.415 e. The lowest BCUT2D eigenvalue weighted by Gasteiger charge is -2.11. The maximum absolute atomic E-state index is 11.3. The van der Waals surface area contributed by atoms with Crippen molar-refractivity contribution in [1.29, 1.82) is 0 Å². The van der Waals surface area contributed by atoms with E-state index in [4.69, 9.17) is 9.47 Å². The van der Waals surface area contributed by atoms with E-state index in [9.17, 15) is 19.7 Å². The van der Waals surface area contributed by atoms with Gasteiger partial charge in [0, 0.05) is 17.1 Å². The van der Waals surface area contributed by atoms with Crippen molar-refractivity contribution in [3.8, 4) is 11.5 Å². The molecule has 1 amide bonds. The van der Waals surface area contributed by atoms with Crippen molar-refractivity contribution in [1.82, 2.24) is 5.32 Å². The first-order valence-electron chi connectivity index (χ1n) is 6.45. The van der Waals surface area contributed by atoms with E-state index in [1.165, 1.54) is 38.1 Å². The molecule has 124 valence electrons. The van der Waals surface area contributed by atoms with Crippen LogP contribution >= 0.6 is 11.8 Å². The highest BCUT2D eigenvalue weighted by Gasteiger charge is 2.32. The minimum Gasteiger partial charge on any atom is -0.493 e. The van der Waals surface area contributed by atoms with E-state index in [0.29, 0.717) is 11.3 Å². The number of ether oxygens (including phenoxy) is 3. The molecule has 1 aliphatic heterocycles. The lowest BCUT2D eigenvalue weighted by molar-refractivity contribution is -0.385. The number of cyclic esters (lactones) is 2. The first kappa shape index (κ1) is 16.9. The molecule has 0 radical (unpaired) electrons. The molecular formula is C13H14N2O7S. The molecule has 0 aromatic heterocycles. The van der Waals surface area contributed by atoms with Crippen LogP contribution in [-0.2, 0) is 15.3 Å². The monoisotopic (exact) mass is 342 g/mol. The topological polar surface area (TPSA) is 117 Å². The van der Waals surface area contributed by atoms with Gasteiger partial charge in [-0.25, -0.2) is 9.59 Å². The highest BCUT2D eigenvalue weighted by molar-refractivity contribution is 7.98. The SMILES string of the molecule is COc1cc(CSC[C@@H]2NC(=O)OC2=O)c([N+](=O)[O-])cc1OC. The lowest BCUT2D eigenvalue weighted by atomic mass is 10.2. The Hall–Kier alpha value is -2.49. The first-order valence-corrected chi connectivity index (χ1v) is 7.61. The van der Waals surface area contributed by atoms with Crippen LogP contribution in [0.25, 0.3) is 0 Å². The van der Waals surface area contributed by atoms with Gasteiger partial charge in [-0.3, -0.25) is 10.1 Å². The molecular weight excluding hydrogens is 328 g/mol. The minimum absolute atomic E-state index is 0.104. The highest BCUT2D eigenvalue weighted by atomic mass is 32.2. The van der Waals surface area contributed by atoms with Gasteiger partial charge in [-0.2, -0.15) is 11.8 Å². The van der Waals surface area contributed by atoms with Crippen molar-refractivity contribution >= 4 is 29.5 Å². The number of thioether (sulfide) groups is 1. The molecule has 1 heterocycles. The summed E-state index contributed by atoms with van der Waals surface area (Å²) >= 11 is 1.26. The lowest BCUT2D eigenvalue weighted by Crippen LogP contribution is -2.31. The van der Waals surface area contributed by atoms with Crippen LogP contribution in [0.1, 0.15) is 5.56 Å². The van der Waals surface area contributed by atoms with Crippen LogP contribution in [0.4, 0.5) is 10.5 Å². The van der Waals surface area contributed by atoms with E-state index in [2.05, 4.69) is 10.1 Å². The largest absolute Gasteiger partial charge is 0.493 e. The summed E-state index contributed by atoms with van der Waals surface area (Å²) in [5.41, 5.74) is 0.323. The predicted octanol–water partition coefficient (Wildman–Crippen LogP) is 1.48. The third-order valence-corrected chi connectivity index (χ3v) is 4.18. The average molecular weight is 342 g/mol. The number of nitrogens with one attached hydrogen (secondary N) is 1. The summed E-state index contributed by atoms with van der Waals surface area (Å²) in [6.07, 6.45) is -0.780. The third kappa shape index (κ3) is 3.83. The van der Waals surface area contributed by atoms with Gasteiger partial charge in [-0.05, 0) is 6.07 Å². The summed E-state index contributed by atoms with van der Waals surface area (Å²) in [6, 6.07) is 2.07. The Kier molecular flexibility index (Phi) is 5.27. The molecule has 0 saturated carbocycles. The molecule has 0 unspecified atom stereocenters. The summed E-state index contributed by atoms with van der Waals surface area (Å²) in [7, 11) is 2.83. The summed E-state index contributed by atoms with van der Waals surface area (Å²) in [5.74, 6) is 0.498.